The molecule has 0 spiro atoms. The third-order valence-electron chi connectivity index (χ3n) is 4.47. The summed E-state index contributed by atoms with van der Waals surface area (Å²) in [5.74, 6) is -1.30. The summed E-state index contributed by atoms with van der Waals surface area (Å²) in [6, 6.07) is 4.02. The van der Waals surface area contributed by atoms with Gasteiger partial charge in [0, 0.05) is 18.2 Å². The fraction of sp³-hybridized carbons (Fsp3) is 0.471. The molecule has 0 bridgehead atoms. The summed E-state index contributed by atoms with van der Waals surface area (Å²) in [6.45, 7) is 2.04. The highest BCUT2D eigenvalue weighted by Crippen LogP contribution is 2.18. The summed E-state index contributed by atoms with van der Waals surface area (Å²) in [5.41, 5.74) is 0.00744. The Morgan fingerprint density at radius 1 is 1.32 bits per heavy atom. The van der Waals surface area contributed by atoms with Gasteiger partial charge in [0.25, 0.3) is 0 Å². The van der Waals surface area contributed by atoms with Crippen molar-refractivity contribution in [3.8, 4) is 0 Å². The molecule has 1 amide bonds. The maximum absolute atomic E-state index is 13.6. The minimum atomic E-state index is -0.582. The van der Waals surface area contributed by atoms with Crippen molar-refractivity contribution in [2.24, 2.45) is 0 Å². The van der Waals surface area contributed by atoms with Crippen molar-refractivity contribution in [3.63, 3.8) is 0 Å². The second-order valence-electron chi connectivity index (χ2n) is 6.18. The van der Waals surface area contributed by atoms with Crippen molar-refractivity contribution >= 4 is 5.91 Å². The van der Waals surface area contributed by atoms with E-state index in [1.165, 1.54) is 24.5 Å². The van der Waals surface area contributed by atoms with E-state index in [-0.39, 0.29) is 37.0 Å². The van der Waals surface area contributed by atoms with Gasteiger partial charge in [-0.25, -0.2) is 13.8 Å². The number of halogens is 2. The van der Waals surface area contributed by atoms with Crippen molar-refractivity contribution in [1.82, 2.24) is 25.0 Å². The maximum Gasteiger partial charge on any atom is 0.234 e. The zero-order valence-corrected chi connectivity index (χ0v) is 13.9. The molecule has 3 rings (SSSR count). The Kier molecular flexibility index (Phi) is 5.70. The topological polar surface area (TPSA) is 63.1 Å². The molecule has 1 atom stereocenters. The van der Waals surface area contributed by atoms with Gasteiger partial charge in [0.05, 0.1) is 13.1 Å². The molecule has 1 N–H and O–H groups in total. The zero-order chi connectivity index (χ0) is 17.6. The van der Waals surface area contributed by atoms with Gasteiger partial charge in [-0.1, -0.05) is 6.07 Å². The van der Waals surface area contributed by atoms with E-state index < -0.39 is 11.6 Å². The van der Waals surface area contributed by atoms with Crippen LogP contribution >= 0.6 is 0 Å². The highest BCUT2D eigenvalue weighted by Gasteiger charge is 2.26. The molecule has 0 unspecified atom stereocenters. The molecule has 134 valence electrons. The summed E-state index contributed by atoms with van der Waals surface area (Å²) in [4.78, 5) is 18.2. The molecular formula is C17H21F2N5O. The Morgan fingerprint density at radius 2 is 2.12 bits per heavy atom. The normalized spacial score (nSPS) is 17.8. The third-order valence-corrected chi connectivity index (χ3v) is 4.47. The smallest absolute Gasteiger partial charge is 0.234 e. The van der Waals surface area contributed by atoms with Crippen LogP contribution in [0.25, 0.3) is 0 Å². The number of carbonyl (C=O) groups excluding carboxylic acids is 1. The molecule has 2 aromatic rings. The van der Waals surface area contributed by atoms with Gasteiger partial charge in [-0.15, -0.1) is 0 Å². The summed E-state index contributed by atoms with van der Waals surface area (Å²) < 4.78 is 28.9. The van der Waals surface area contributed by atoms with E-state index in [4.69, 9.17) is 0 Å². The Hall–Kier alpha value is -2.35. The monoisotopic (exact) mass is 349 g/mol. The summed E-state index contributed by atoms with van der Waals surface area (Å²) >= 11 is 0. The van der Waals surface area contributed by atoms with E-state index in [9.17, 15) is 13.6 Å². The highest BCUT2D eigenvalue weighted by atomic mass is 19.1. The Bertz CT molecular complexity index is 687. The molecule has 8 heteroatoms. The average Bonchev–Trinajstić information content (AvgIpc) is 3.23. The number of benzene rings is 1. The van der Waals surface area contributed by atoms with Gasteiger partial charge in [0.1, 0.15) is 24.3 Å². The summed E-state index contributed by atoms with van der Waals surface area (Å²) in [6.07, 6.45) is 5.33. The SMILES string of the molecule is O=C(CN1CCC[C@H]1Cn1cncn1)NCCc1c(F)cccc1F. The first-order chi connectivity index (χ1) is 12.1. The van der Waals surface area contributed by atoms with Crippen LogP contribution in [0.5, 0.6) is 0 Å². The number of rotatable bonds is 7. The van der Waals surface area contributed by atoms with Crippen LogP contribution in [0.15, 0.2) is 30.9 Å². The van der Waals surface area contributed by atoms with Crippen molar-refractivity contribution < 1.29 is 13.6 Å². The van der Waals surface area contributed by atoms with E-state index in [1.807, 2.05) is 0 Å². The van der Waals surface area contributed by atoms with Gasteiger partial charge in [-0.05, 0) is 37.9 Å². The van der Waals surface area contributed by atoms with Gasteiger partial charge in [0.15, 0.2) is 0 Å². The first kappa shape index (κ1) is 17.5. The molecule has 6 nitrogen and oxygen atoms in total. The van der Waals surface area contributed by atoms with Crippen LogP contribution in [0, 0.1) is 11.6 Å². The van der Waals surface area contributed by atoms with Crippen LogP contribution in [-0.2, 0) is 17.8 Å². The molecule has 0 aliphatic carbocycles. The number of aromatic nitrogens is 3. The lowest BCUT2D eigenvalue weighted by molar-refractivity contribution is -0.122. The lowest BCUT2D eigenvalue weighted by atomic mass is 10.1. The molecule has 1 aliphatic rings. The van der Waals surface area contributed by atoms with Gasteiger partial charge >= 0.3 is 0 Å². The lowest BCUT2D eigenvalue weighted by Crippen LogP contribution is -2.41. The van der Waals surface area contributed by atoms with Crippen molar-refractivity contribution in [2.75, 3.05) is 19.6 Å². The van der Waals surface area contributed by atoms with Crippen LogP contribution in [0.1, 0.15) is 18.4 Å². The fourth-order valence-corrected chi connectivity index (χ4v) is 3.19. The predicted octanol–water partition coefficient (Wildman–Crippen LogP) is 1.38. The Balaban J connectivity index is 1.45. The molecule has 1 aliphatic heterocycles. The number of amides is 1. The van der Waals surface area contributed by atoms with Crippen LogP contribution in [-0.4, -0.2) is 51.2 Å². The van der Waals surface area contributed by atoms with Gasteiger partial charge in [-0.2, -0.15) is 5.10 Å². The van der Waals surface area contributed by atoms with E-state index in [2.05, 4.69) is 20.3 Å². The third kappa shape index (κ3) is 4.60. The number of nitrogens with one attached hydrogen (secondary N) is 1. The van der Waals surface area contributed by atoms with Crippen molar-refractivity contribution in [2.45, 2.75) is 31.8 Å². The number of hydrogen-bond donors (Lipinski definition) is 1. The van der Waals surface area contributed by atoms with Crippen LogP contribution in [0.4, 0.5) is 8.78 Å². The maximum atomic E-state index is 13.6. The first-order valence-electron chi connectivity index (χ1n) is 8.39. The molecule has 1 saturated heterocycles. The largest absolute Gasteiger partial charge is 0.355 e. The number of likely N-dealkylation sites (tertiary alicyclic amines) is 1. The lowest BCUT2D eigenvalue weighted by Gasteiger charge is -2.23. The number of carbonyl (C=O) groups is 1. The quantitative estimate of drug-likeness (QED) is 0.820. The molecule has 1 aromatic carbocycles. The van der Waals surface area contributed by atoms with Crippen LogP contribution in [0.2, 0.25) is 0 Å². The number of hydrogen-bond acceptors (Lipinski definition) is 4. The molecule has 0 saturated carbocycles. The summed E-state index contributed by atoms with van der Waals surface area (Å²) in [5, 5.41) is 6.84. The zero-order valence-electron chi connectivity index (χ0n) is 13.9. The minimum Gasteiger partial charge on any atom is -0.355 e. The second kappa shape index (κ2) is 8.15. The van der Waals surface area contributed by atoms with Gasteiger partial charge in [-0.3, -0.25) is 14.4 Å². The second-order valence-corrected chi connectivity index (χ2v) is 6.18. The predicted molar refractivity (Wildman–Crippen MR) is 87.7 cm³/mol. The molecule has 1 aromatic heterocycles. The van der Waals surface area contributed by atoms with Crippen LogP contribution < -0.4 is 5.32 Å². The van der Waals surface area contributed by atoms with Gasteiger partial charge < -0.3 is 5.32 Å². The Labute approximate surface area is 144 Å². The van der Waals surface area contributed by atoms with E-state index in [0.717, 1.165) is 19.4 Å². The molecular weight excluding hydrogens is 328 g/mol. The average molecular weight is 349 g/mol. The van der Waals surface area contributed by atoms with Crippen molar-refractivity contribution in [1.29, 1.82) is 0 Å². The van der Waals surface area contributed by atoms with Gasteiger partial charge in [0.2, 0.25) is 5.91 Å². The van der Waals surface area contributed by atoms with Crippen molar-refractivity contribution in [3.05, 3.63) is 48.1 Å². The van der Waals surface area contributed by atoms with E-state index in [1.54, 1.807) is 11.0 Å². The molecule has 0 radical (unpaired) electrons. The highest BCUT2D eigenvalue weighted by molar-refractivity contribution is 5.78. The molecule has 1 fully saturated rings. The molecule has 25 heavy (non-hydrogen) atoms. The first-order valence-corrected chi connectivity index (χ1v) is 8.39. The molecule has 2 heterocycles. The van der Waals surface area contributed by atoms with Crippen LogP contribution in [0.3, 0.4) is 0 Å². The van der Waals surface area contributed by atoms with E-state index >= 15 is 0 Å². The fourth-order valence-electron chi connectivity index (χ4n) is 3.19. The standard InChI is InChI=1S/C17H21F2N5O/c18-15-4-1-5-16(19)14(15)6-7-21-17(25)10-23-8-2-3-13(23)9-24-12-20-11-22-24/h1,4-5,11-13H,2-3,6-10H2,(H,21,25)/t13-/m0/s1. The Morgan fingerprint density at radius 3 is 2.84 bits per heavy atom. The minimum absolute atomic E-state index is 0.00744. The summed E-state index contributed by atoms with van der Waals surface area (Å²) in [7, 11) is 0. The van der Waals surface area contributed by atoms with E-state index in [0.29, 0.717) is 6.54 Å². The number of nitrogens with zero attached hydrogens (tertiary/aromatic N) is 4.